The predicted molar refractivity (Wildman–Crippen MR) is 48.0 cm³/mol. The van der Waals surface area contributed by atoms with E-state index in [2.05, 4.69) is 20.6 Å². The molecule has 2 aromatic rings. The van der Waals surface area contributed by atoms with Crippen molar-refractivity contribution in [1.82, 2.24) is 14.5 Å². The van der Waals surface area contributed by atoms with Gasteiger partial charge in [0.1, 0.15) is 5.82 Å². The lowest BCUT2D eigenvalue weighted by Gasteiger charge is -1.95. The lowest BCUT2D eigenvalue weighted by Crippen LogP contribution is -1.90. The summed E-state index contributed by atoms with van der Waals surface area (Å²) in [7, 11) is 2.01. The van der Waals surface area contributed by atoms with Gasteiger partial charge in [0.05, 0.1) is 5.52 Å². The Bertz CT molecular complexity index is 429. The number of aryl methyl sites for hydroxylation is 3. The maximum atomic E-state index is 4.31. The molecule has 2 aromatic heterocycles. The minimum absolute atomic E-state index is 0.834. The van der Waals surface area contributed by atoms with E-state index in [1.165, 1.54) is 5.56 Å². The first-order valence-electron chi connectivity index (χ1n) is 3.94. The zero-order valence-electron chi connectivity index (χ0n) is 7.50. The zero-order chi connectivity index (χ0) is 8.72. The van der Waals surface area contributed by atoms with E-state index < -0.39 is 0 Å². The van der Waals surface area contributed by atoms with Gasteiger partial charge in [-0.2, -0.15) is 0 Å². The van der Waals surface area contributed by atoms with Crippen molar-refractivity contribution in [2.24, 2.45) is 7.05 Å². The largest absolute Gasteiger partial charge is 0.330 e. The molecule has 0 aliphatic carbocycles. The Morgan fingerprint density at radius 1 is 1.33 bits per heavy atom. The summed E-state index contributed by atoms with van der Waals surface area (Å²) in [5.41, 5.74) is 3.11. The Labute approximate surface area is 71.1 Å². The summed E-state index contributed by atoms with van der Waals surface area (Å²) < 4.78 is 2.05. The number of hydrogen-bond donors (Lipinski definition) is 0. The second-order valence-electron chi connectivity index (χ2n) is 3.07. The van der Waals surface area contributed by atoms with Crippen LogP contribution in [0.4, 0.5) is 0 Å². The molecule has 0 atom stereocenters. The standard InChI is InChI=1S/C9H11N3/c1-6-4-8-9(10-5-6)11-7(2)12(8)3/h4-5H,1-3H3. The number of imidazole rings is 1. The van der Waals surface area contributed by atoms with E-state index in [-0.39, 0.29) is 0 Å². The molecule has 0 unspecified atom stereocenters. The van der Waals surface area contributed by atoms with E-state index in [0.29, 0.717) is 0 Å². The van der Waals surface area contributed by atoms with E-state index >= 15 is 0 Å². The molecule has 0 N–H and O–H groups in total. The van der Waals surface area contributed by atoms with Crippen LogP contribution in [-0.4, -0.2) is 14.5 Å². The summed E-state index contributed by atoms with van der Waals surface area (Å²) in [6, 6.07) is 2.10. The number of pyridine rings is 1. The molecule has 0 fully saturated rings. The van der Waals surface area contributed by atoms with Crippen molar-refractivity contribution in [1.29, 1.82) is 0 Å². The van der Waals surface area contributed by atoms with E-state index in [4.69, 9.17) is 0 Å². The van der Waals surface area contributed by atoms with Gasteiger partial charge in [0.2, 0.25) is 0 Å². The highest BCUT2D eigenvalue weighted by Gasteiger charge is 2.03. The summed E-state index contributed by atoms with van der Waals surface area (Å²) in [5.74, 6) is 1.00. The summed E-state index contributed by atoms with van der Waals surface area (Å²) in [5, 5.41) is 0. The first kappa shape index (κ1) is 7.28. The van der Waals surface area contributed by atoms with Crippen molar-refractivity contribution < 1.29 is 0 Å². The number of aromatic nitrogens is 3. The van der Waals surface area contributed by atoms with E-state index in [1.54, 1.807) is 0 Å². The van der Waals surface area contributed by atoms with Gasteiger partial charge in [0, 0.05) is 13.2 Å². The molecule has 3 heteroatoms. The highest BCUT2D eigenvalue weighted by Crippen LogP contribution is 2.12. The van der Waals surface area contributed by atoms with E-state index in [9.17, 15) is 0 Å². The van der Waals surface area contributed by atoms with Gasteiger partial charge in [-0.1, -0.05) is 0 Å². The minimum Gasteiger partial charge on any atom is -0.330 e. The van der Waals surface area contributed by atoms with Crippen molar-refractivity contribution in [3.63, 3.8) is 0 Å². The molecule has 0 aromatic carbocycles. The highest BCUT2D eigenvalue weighted by molar-refractivity contribution is 5.71. The molecule has 0 saturated heterocycles. The Morgan fingerprint density at radius 2 is 2.08 bits per heavy atom. The lowest BCUT2D eigenvalue weighted by atomic mass is 10.3. The number of hydrogen-bond acceptors (Lipinski definition) is 2. The van der Waals surface area contributed by atoms with Gasteiger partial charge in [0.15, 0.2) is 5.65 Å². The molecule has 0 bridgehead atoms. The van der Waals surface area contributed by atoms with E-state index in [1.807, 2.05) is 27.1 Å². The van der Waals surface area contributed by atoms with Crippen molar-refractivity contribution in [3.05, 3.63) is 23.7 Å². The molecule has 0 aliphatic rings. The van der Waals surface area contributed by atoms with Crippen LogP contribution in [0.25, 0.3) is 11.2 Å². The van der Waals surface area contributed by atoms with Crippen LogP contribution in [0.2, 0.25) is 0 Å². The zero-order valence-corrected chi connectivity index (χ0v) is 7.50. The molecule has 2 heterocycles. The summed E-state index contributed by atoms with van der Waals surface area (Å²) >= 11 is 0. The maximum Gasteiger partial charge on any atom is 0.177 e. The summed E-state index contributed by atoms with van der Waals surface area (Å²) in [6.07, 6.45) is 1.84. The van der Waals surface area contributed by atoms with Gasteiger partial charge in [-0.25, -0.2) is 9.97 Å². The monoisotopic (exact) mass is 161 g/mol. The molecular formula is C9H11N3. The Hall–Kier alpha value is -1.38. The summed E-state index contributed by atoms with van der Waals surface area (Å²) in [4.78, 5) is 8.54. The fourth-order valence-electron chi connectivity index (χ4n) is 1.28. The Morgan fingerprint density at radius 3 is 2.83 bits per heavy atom. The van der Waals surface area contributed by atoms with Gasteiger partial charge in [-0.15, -0.1) is 0 Å². The topological polar surface area (TPSA) is 30.7 Å². The van der Waals surface area contributed by atoms with Crippen LogP contribution in [0, 0.1) is 13.8 Å². The first-order valence-corrected chi connectivity index (χ1v) is 3.94. The van der Waals surface area contributed by atoms with Crippen molar-refractivity contribution >= 4 is 11.2 Å². The molecule has 3 nitrogen and oxygen atoms in total. The third kappa shape index (κ3) is 0.897. The average molecular weight is 161 g/mol. The van der Waals surface area contributed by atoms with Gasteiger partial charge < -0.3 is 4.57 Å². The summed E-state index contributed by atoms with van der Waals surface area (Å²) in [6.45, 7) is 4.02. The van der Waals surface area contributed by atoms with Crippen LogP contribution in [0.15, 0.2) is 12.3 Å². The lowest BCUT2D eigenvalue weighted by molar-refractivity contribution is 0.885. The second-order valence-corrected chi connectivity index (χ2v) is 3.07. The second kappa shape index (κ2) is 2.30. The molecule has 0 spiro atoms. The molecule has 62 valence electrons. The normalized spacial score (nSPS) is 10.9. The number of fused-ring (bicyclic) bond motifs is 1. The Balaban J connectivity index is 2.88. The highest BCUT2D eigenvalue weighted by atomic mass is 15.1. The van der Waals surface area contributed by atoms with Crippen LogP contribution < -0.4 is 0 Å². The fourth-order valence-corrected chi connectivity index (χ4v) is 1.28. The molecule has 0 radical (unpaired) electrons. The predicted octanol–water partition coefficient (Wildman–Crippen LogP) is 1.59. The Kier molecular flexibility index (Phi) is 1.40. The third-order valence-electron chi connectivity index (χ3n) is 2.10. The van der Waals surface area contributed by atoms with Crippen LogP contribution in [0.3, 0.4) is 0 Å². The first-order chi connectivity index (χ1) is 5.68. The van der Waals surface area contributed by atoms with Crippen LogP contribution in [0.5, 0.6) is 0 Å². The molecular weight excluding hydrogens is 150 g/mol. The molecule has 2 rings (SSSR count). The van der Waals surface area contributed by atoms with Crippen molar-refractivity contribution in [2.75, 3.05) is 0 Å². The average Bonchev–Trinajstić information content (AvgIpc) is 2.31. The van der Waals surface area contributed by atoms with Crippen LogP contribution in [-0.2, 0) is 7.05 Å². The molecule has 0 aliphatic heterocycles. The van der Waals surface area contributed by atoms with Crippen molar-refractivity contribution in [3.8, 4) is 0 Å². The van der Waals surface area contributed by atoms with Gasteiger partial charge >= 0.3 is 0 Å². The fraction of sp³-hybridized carbons (Fsp3) is 0.333. The van der Waals surface area contributed by atoms with Gasteiger partial charge in [-0.3, -0.25) is 0 Å². The number of nitrogens with zero attached hydrogens (tertiary/aromatic N) is 3. The minimum atomic E-state index is 0.834. The van der Waals surface area contributed by atoms with Crippen molar-refractivity contribution in [2.45, 2.75) is 13.8 Å². The maximum absolute atomic E-state index is 4.31. The molecule has 12 heavy (non-hydrogen) atoms. The van der Waals surface area contributed by atoms with Crippen LogP contribution in [0.1, 0.15) is 11.4 Å². The quantitative estimate of drug-likeness (QED) is 0.587. The SMILES string of the molecule is Cc1cnc2nc(C)n(C)c2c1. The molecule has 0 amide bonds. The smallest absolute Gasteiger partial charge is 0.177 e. The van der Waals surface area contributed by atoms with Crippen LogP contribution >= 0.6 is 0 Å². The number of rotatable bonds is 0. The van der Waals surface area contributed by atoms with Gasteiger partial charge in [0.25, 0.3) is 0 Å². The van der Waals surface area contributed by atoms with Gasteiger partial charge in [-0.05, 0) is 25.5 Å². The third-order valence-corrected chi connectivity index (χ3v) is 2.10. The molecule has 0 saturated carbocycles. The van der Waals surface area contributed by atoms with E-state index in [0.717, 1.165) is 17.0 Å².